The number of para-hydroxylation sites is 2. The first-order valence-electron chi connectivity index (χ1n) is 9.49. The molecule has 30 heavy (non-hydrogen) atoms. The maximum Gasteiger partial charge on any atom is 0.261 e. The Bertz CT molecular complexity index is 1340. The second kappa shape index (κ2) is 7.61. The van der Waals surface area contributed by atoms with Crippen molar-refractivity contribution in [3.63, 3.8) is 0 Å². The molecule has 0 fully saturated rings. The van der Waals surface area contributed by atoms with Crippen LogP contribution in [0.3, 0.4) is 0 Å². The van der Waals surface area contributed by atoms with Gasteiger partial charge in [0.05, 0.1) is 21.5 Å². The number of hydrogen-bond acceptors (Lipinski definition) is 5. The van der Waals surface area contributed by atoms with E-state index in [1.54, 1.807) is 12.1 Å². The number of aromatic nitrogens is 3. The van der Waals surface area contributed by atoms with Crippen molar-refractivity contribution >= 4 is 38.2 Å². The van der Waals surface area contributed by atoms with Crippen molar-refractivity contribution in [3.8, 4) is 5.75 Å². The molecule has 0 radical (unpaired) electrons. The molecular formula is C23H18N4O2S. The minimum absolute atomic E-state index is 0.254. The first-order valence-corrected chi connectivity index (χ1v) is 10.3. The average Bonchev–Trinajstić information content (AvgIpc) is 3.36. The number of benzene rings is 2. The summed E-state index contributed by atoms with van der Waals surface area (Å²) in [6.45, 7) is 2.29. The molecule has 0 aliphatic carbocycles. The Hall–Kier alpha value is -3.71. The number of thiazole rings is 1. The molecular weight excluding hydrogens is 396 g/mol. The van der Waals surface area contributed by atoms with Gasteiger partial charge in [-0.2, -0.15) is 0 Å². The predicted octanol–water partition coefficient (Wildman–Crippen LogP) is 5.08. The molecule has 0 aliphatic rings. The zero-order chi connectivity index (χ0) is 20.5. The highest BCUT2D eigenvalue weighted by atomic mass is 32.1. The predicted molar refractivity (Wildman–Crippen MR) is 118 cm³/mol. The van der Waals surface area contributed by atoms with E-state index in [0.29, 0.717) is 16.4 Å². The molecule has 2 aromatic carbocycles. The fourth-order valence-electron chi connectivity index (χ4n) is 3.30. The summed E-state index contributed by atoms with van der Waals surface area (Å²) in [6, 6.07) is 19.0. The van der Waals surface area contributed by atoms with Crippen molar-refractivity contribution in [3.05, 3.63) is 89.9 Å². The summed E-state index contributed by atoms with van der Waals surface area (Å²) >= 11 is 1.44. The summed E-state index contributed by atoms with van der Waals surface area (Å²) in [5.74, 6) is 0.250. The molecule has 148 valence electrons. The molecule has 0 atom stereocenters. The maximum absolute atomic E-state index is 12.9. The Morgan fingerprint density at radius 2 is 1.90 bits per heavy atom. The van der Waals surface area contributed by atoms with Crippen LogP contribution in [0.25, 0.3) is 15.9 Å². The largest absolute Gasteiger partial charge is 0.486 e. The molecule has 0 saturated carbocycles. The van der Waals surface area contributed by atoms with E-state index >= 15 is 0 Å². The molecule has 0 spiro atoms. The minimum atomic E-state index is -0.254. The topological polar surface area (TPSA) is 68.5 Å². The van der Waals surface area contributed by atoms with Crippen LogP contribution in [0.15, 0.2) is 73.1 Å². The van der Waals surface area contributed by atoms with Gasteiger partial charge in [-0.3, -0.25) is 10.1 Å². The third kappa shape index (κ3) is 3.51. The molecule has 0 unspecified atom stereocenters. The summed E-state index contributed by atoms with van der Waals surface area (Å²) in [5.41, 5.74) is 4.11. The highest BCUT2D eigenvalue weighted by molar-refractivity contribution is 7.22. The number of aryl methyl sites for hydroxylation is 1. The SMILES string of the molecule is Cc1cccn2cc(COc3ccccc3C(=O)Nc3nc4ccccc4s3)nc12. The molecule has 5 rings (SSSR count). The summed E-state index contributed by atoms with van der Waals surface area (Å²) < 4.78 is 8.96. The Morgan fingerprint density at radius 1 is 1.07 bits per heavy atom. The lowest BCUT2D eigenvalue weighted by molar-refractivity contribution is 0.102. The van der Waals surface area contributed by atoms with E-state index in [2.05, 4.69) is 15.3 Å². The van der Waals surface area contributed by atoms with Gasteiger partial charge >= 0.3 is 0 Å². The van der Waals surface area contributed by atoms with Crippen LogP contribution < -0.4 is 10.1 Å². The molecule has 0 bridgehead atoms. The van der Waals surface area contributed by atoms with Crippen molar-refractivity contribution in [2.75, 3.05) is 5.32 Å². The van der Waals surface area contributed by atoms with Gasteiger partial charge in [-0.05, 0) is 42.8 Å². The van der Waals surface area contributed by atoms with Gasteiger partial charge in [-0.25, -0.2) is 9.97 Å². The highest BCUT2D eigenvalue weighted by Gasteiger charge is 2.15. The fourth-order valence-corrected chi connectivity index (χ4v) is 4.16. The van der Waals surface area contributed by atoms with Gasteiger partial charge in [-0.15, -0.1) is 0 Å². The molecule has 5 aromatic rings. The Labute approximate surface area is 176 Å². The molecule has 3 aromatic heterocycles. The van der Waals surface area contributed by atoms with Gasteiger partial charge in [0.25, 0.3) is 5.91 Å². The Morgan fingerprint density at radius 3 is 2.77 bits per heavy atom. The number of fused-ring (bicyclic) bond motifs is 2. The van der Waals surface area contributed by atoms with E-state index in [0.717, 1.165) is 27.1 Å². The molecule has 1 amide bonds. The number of carbonyl (C=O) groups excluding carboxylic acids is 1. The van der Waals surface area contributed by atoms with Crippen LogP contribution in [0.4, 0.5) is 5.13 Å². The summed E-state index contributed by atoms with van der Waals surface area (Å²) in [6.07, 6.45) is 3.89. The average molecular weight is 414 g/mol. The maximum atomic E-state index is 12.9. The second-order valence-corrected chi connectivity index (χ2v) is 7.91. The van der Waals surface area contributed by atoms with Crippen molar-refractivity contribution < 1.29 is 9.53 Å². The van der Waals surface area contributed by atoms with Crippen LogP contribution in [0.2, 0.25) is 0 Å². The van der Waals surface area contributed by atoms with Gasteiger partial charge in [0.1, 0.15) is 18.0 Å². The monoisotopic (exact) mass is 414 g/mol. The normalized spacial score (nSPS) is 11.1. The third-order valence-corrected chi connectivity index (χ3v) is 5.70. The van der Waals surface area contributed by atoms with Gasteiger partial charge in [-0.1, -0.05) is 41.7 Å². The van der Waals surface area contributed by atoms with Gasteiger partial charge in [0, 0.05) is 12.4 Å². The van der Waals surface area contributed by atoms with E-state index < -0.39 is 0 Å². The van der Waals surface area contributed by atoms with E-state index in [9.17, 15) is 4.79 Å². The number of hydrogen-bond donors (Lipinski definition) is 1. The molecule has 0 aliphatic heterocycles. The standard InChI is InChI=1S/C23H18N4O2S/c1-15-7-6-12-27-13-16(24-21(15)27)14-29-19-10-4-2-8-17(19)22(28)26-23-25-18-9-3-5-11-20(18)30-23/h2-13H,14H2,1H3,(H,25,26,28). The summed E-state index contributed by atoms with van der Waals surface area (Å²) in [7, 11) is 0. The van der Waals surface area contributed by atoms with Crippen molar-refractivity contribution in [1.82, 2.24) is 14.4 Å². The first kappa shape index (κ1) is 18.3. The summed E-state index contributed by atoms with van der Waals surface area (Å²) in [4.78, 5) is 22.0. The van der Waals surface area contributed by atoms with Gasteiger partial charge < -0.3 is 9.14 Å². The number of nitrogens with one attached hydrogen (secondary N) is 1. The number of ether oxygens (including phenoxy) is 1. The van der Waals surface area contributed by atoms with Crippen LogP contribution in [0, 0.1) is 6.92 Å². The fraction of sp³-hybridized carbons (Fsp3) is 0.0870. The molecule has 6 nitrogen and oxygen atoms in total. The molecule has 7 heteroatoms. The third-order valence-electron chi connectivity index (χ3n) is 4.75. The van der Waals surface area contributed by atoms with E-state index in [1.807, 2.05) is 72.2 Å². The van der Waals surface area contributed by atoms with E-state index in [-0.39, 0.29) is 12.5 Å². The highest BCUT2D eigenvalue weighted by Crippen LogP contribution is 2.27. The number of carbonyl (C=O) groups is 1. The molecule has 3 heterocycles. The van der Waals surface area contributed by atoms with E-state index in [4.69, 9.17) is 4.74 Å². The summed E-state index contributed by atoms with van der Waals surface area (Å²) in [5, 5.41) is 3.45. The number of imidazole rings is 1. The van der Waals surface area contributed by atoms with Crippen LogP contribution in [-0.2, 0) is 6.61 Å². The second-order valence-electron chi connectivity index (χ2n) is 6.88. The lowest BCUT2D eigenvalue weighted by Crippen LogP contribution is -2.13. The van der Waals surface area contributed by atoms with Crippen molar-refractivity contribution in [2.24, 2.45) is 0 Å². The van der Waals surface area contributed by atoms with Crippen molar-refractivity contribution in [2.45, 2.75) is 13.5 Å². The first-order chi connectivity index (χ1) is 14.7. The molecule has 1 N–H and O–H groups in total. The smallest absolute Gasteiger partial charge is 0.261 e. The Balaban J connectivity index is 1.35. The Kier molecular flexibility index (Phi) is 4.65. The quantitative estimate of drug-likeness (QED) is 0.435. The number of amides is 1. The van der Waals surface area contributed by atoms with Crippen LogP contribution in [0.1, 0.15) is 21.6 Å². The number of anilines is 1. The van der Waals surface area contributed by atoms with Crippen LogP contribution >= 0.6 is 11.3 Å². The van der Waals surface area contributed by atoms with E-state index in [1.165, 1.54) is 11.3 Å². The van der Waals surface area contributed by atoms with Crippen LogP contribution in [-0.4, -0.2) is 20.3 Å². The number of pyridine rings is 1. The van der Waals surface area contributed by atoms with Crippen LogP contribution in [0.5, 0.6) is 5.75 Å². The zero-order valence-electron chi connectivity index (χ0n) is 16.2. The number of rotatable bonds is 5. The lowest BCUT2D eigenvalue weighted by Gasteiger charge is -2.09. The van der Waals surface area contributed by atoms with Gasteiger partial charge in [0.2, 0.25) is 0 Å². The number of nitrogens with zero attached hydrogens (tertiary/aromatic N) is 3. The van der Waals surface area contributed by atoms with Crippen molar-refractivity contribution in [1.29, 1.82) is 0 Å². The molecule has 0 saturated heterocycles. The minimum Gasteiger partial charge on any atom is -0.486 e. The lowest BCUT2D eigenvalue weighted by atomic mass is 10.2. The zero-order valence-corrected chi connectivity index (χ0v) is 17.0. The van der Waals surface area contributed by atoms with Gasteiger partial charge in [0.15, 0.2) is 5.13 Å².